The molecule has 1 nitrogen and oxygen atoms in total. The Bertz CT molecular complexity index is 311. The summed E-state index contributed by atoms with van der Waals surface area (Å²) in [7, 11) is 2.07. The normalized spacial score (nSPS) is 12.8. The maximum Gasteiger partial charge on any atom is 0.0423 e. The summed E-state index contributed by atoms with van der Waals surface area (Å²) >= 11 is 5.48. The average Bonchev–Trinajstić information content (AvgIpc) is 2.79. The summed E-state index contributed by atoms with van der Waals surface area (Å²) in [6.07, 6.45) is 11.0. The van der Waals surface area contributed by atoms with Crippen molar-refractivity contribution in [3.05, 3.63) is 20.8 Å². The highest BCUT2D eigenvalue weighted by Gasteiger charge is 2.13. The molecule has 18 heavy (non-hydrogen) atoms. The van der Waals surface area contributed by atoms with Crippen LogP contribution < -0.4 is 5.32 Å². The van der Waals surface area contributed by atoms with Crippen LogP contribution in [0.25, 0.3) is 0 Å². The van der Waals surface area contributed by atoms with Crippen molar-refractivity contribution in [1.29, 1.82) is 0 Å². The van der Waals surface area contributed by atoms with Crippen LogP contribution in [-0.2, 0) is 0 Å². The van der Waals surface area contributed by atoms with Crippen molar-refractivity contribution in [3.8, 4) is 0 Å². The van der Waals surface area contributed by atoms with Crippen molar-refractivity contribution in [1.82, 2.24) is 5.32 Å². The molecule has 1 aromatic rings. The van der Waals surface area contributed by atoms with Crippen LogP contribution in [0.1, 0.15) is 69.2 Å². The first-order valence-electron chi connectivity index (χ1n) is 7.19. The maximum absolute atomic E-state index is 3.63. The van der Waals surface area contributed by atoms with Gasteiger partial charge < -0.3 is 5.32 Å². The fourth-order valence-corrected chi connectivity index (χ4v) is 4.06. The minimum absolute atomic E-state index is 0.523. The predicted molar refractivity (Wildman–Crippen MR) is 86.4 cm³/mol. The molecule has 0 aliphatic rings. The van der Waals surface area contributed by atoms with Gasteiger partial charge in [-0.2, -0.15) is 0 Å². The van der Waals surface area contributed by atoms with Crippen LogP contribution in [0.4, 0.5) is 0 Å². The van der Waals surface area contributed by atoms with E-state index in [9.17, 15) is 0 Å². The molecule has 1 heterocycles. The van der Waals surface area contributed by atoms with Crippen molar-refractivity contribution >= 4 is 27.3 Å². The highest BCUT2D eigenvalue weighted by Crippen LogP contribution is 2.31. The van der Waals surface area contributed by atoms with Crippen LogP contribution in [0.5, 0.6) is 0 Å². The predicted octanol–water partition coefficient (Wildman–Crippen LogP) is 5.91. The van der Waals surface area contributed by atoms with Gasteiger partial charge in [-0.1, -0.05) is 51.9 Å². The van der Waals surface area contributed by atoms with Crippen LogP contribution in [0, 0.1) is 0 Å². The van der Waals surface area contributed by atoms with Gasteiger partial charge in [0.15, 0.2) is 0 Å². The molecule has 0 fully saturated rings. The van der Waals surface area contributed by atoms with Gasteiger partial charge in [0.2, 0.25) is 0 Å². The maximum atomic E-state index is 3.63. The first-order valence-corrected chi connectivity index (χ1v) is 8.87. The smallest absolute Gasteiger partial charge is 0.0423 e. The molecule has 3 heteroatoms. The molecular formula is C15H26BrNS. The summed E-state index contributed by atoms with van der Waals surface area (Å²) in [5.74, 6) is 0. The van der Waals surface area contributed by atoms with Crippen molar-refractivity contribution in [3.63, 3.8) is 0 Å². The Morgan fingerprint density at radius 1 is 1.17 bits per heavy atom. The summed E-state index contributed by atoms with van der Waals surface area (Å²) in [5.41, 5.74) is 0. The van der Waals surface area contributed by atoms with Crippen molar-refractivity contribution in [2.45, 2.75) is 64.3 Å². The third kappa shape index (κ3) is 5.85. The van der Waals surface area contributed by atoms with Crippen LogP contribution in [-0.4, -0.2) is 7.05 Å². The molecule has 0 aliphatic carbocycles. The Labute approximate surface area is 125 Å². The van der Waals surface area contributed by atoms with Gasteiger partial charge in [-0.05, 0) is 40.8 Å². The van der Waals surface area contributed by atoms with E-state index in [1.165, 1.54) is 60.7 Å². The van der Waals surface area contributed by atoms with Gasteiger partial charge >= 0.3 is 0 Å². The molecule has 0 saturated heterocycles. The van der Waals surface area contributed by atoms with E-state index in [4.69, 9.17) is 0 Å². The number of nitrogens with one attached hydrogen (secondary N) is 1. The van der Waals surface area contributed by atoms with E-state index in [1.54, 1.807) is 0 Å². The molecule has 1 atom stereocenters. The van der Waals surface area contributed by atoms with Gasteiger partial charge in [0.1, 0.15) is 0 Å². The highest BCUT2D eigenvalue weighted by molar-refractivity contribution is 9.10. The third-order valence-electron chi connectivity index (χ3n) is 3.41. The molecule has 1 unspecified atom stereocenters. The first kappa shape index (κ1) is 16.2. The van der Waals surface area contributed by atoms with E-state index < -0.39 is 0 Å². The molecule has 1 rings (SSSR count). The molecule has 0 spiro atoms. The molecule has 0 aliphatic heterocycles. The fourth-order valence-electron chi connectivity index (χ4n) is 2.27. The van der Waals surface area contributed by atoms with E-state index in [-0.39, 0.29) is 0 Å². The second-order valence-electron chi connectivity index (χ2n) is 4.88. The second-order valence-corrected chi connectivity index (χ2v) is 6.69. The topological polar surface area (TPSA) is 12.0 Å². The fraction of sp³-hybridized carbons (Fsp3) is 0.733. The van der Waals surface area contributed by atoms with E-state index >= 15 is 0 Å². The number of hydrogen-bond donors (Lipinski definition) is 1. The molecule has 0 aromatic carbocycles. The number of thiophene rings is 1. The SMILES string of the molecule is CCCCCCCCCC(NC)c1sccc1Br. The summed E-state index contributed by atoms with van der Waals surface area (Å²) in [5, 5.41) is 5.60. The zero-order valence-corrected chi connectivity index (χ0v) is 14.1. The van der Waals surface area contributed by atoms with Crippen molar-refractivity contribution in [2.75, 3.05) is 7.05 Å². The Morgan fingerprint density at radius 2 is 1.83 bits per heavy atom. The van der Waals surface area contributed by atoms with Crippen LogP contribution in [0.15, 0.2) is 15.9 Å². The largest absolute Gasteiger partial charge is 0.312 e. The Balaban J connectivity index is 2.15. The minimum Gasteiger partial charge on any atom is -0.312 e. The third-order valence-corrected chi connectivity index (χ3v) is 5.39. The standard InChI is InChI=1S/C15H26BrNS/c1-3-4-5-6-7-8-9-10-14(17-2)15-13(16)11-12-18-15/h11-12,14,17H,3-10H2,1-2H3. The molecule has 0 bridgehead atoms. The van der Waals surface area contributed by atoms with Crippen LogP contribution in [0.2, 0.25) is 0 Å². The summed E-state index contributed by atoms with van der Waals surface area (Å²) in [4.78, 5) is 1.45. The lowest BCUT2D eigenvalue weighted by atomic mass is 10.0. The molecule has 1 aromatic heterocycles. The summed E-state index contributed by atoms with van der Waals surface area (Å²) < 4.78 is 1.26. The Kier molecular flexibility index (Phi) is 8.99. The first-order chi connectivity index (χ1) is 8.79. The van der Waals surface area contributed by atoms with Crippen molar-refractivity contribution in [2.24, 2.45) is 0 Å². The second kappa shape index (κ2) is 9.99. The lowest BCUT2D eigenvalue weighted by molar-refractivity contribution is 0.500. The molecule has 0 radical (unpaired) electrons. The lowest BCUT2D eigenvalue weighted by Crippen LogP contribution is -2.15. The van der Waals surface area contributed by atoms with Crippen molar-refractivity contribution < 1.29 is 0 Å². The van der Waals surface area contributed by atoms with E-state index in [1.807, 2.05) is 11.3 Å². The van der Waals surface area contributed by atoms with Gasteiger partial charge in [0.05, 0.1) is 0 Å². The molecule has 1 N–H and O–H groups in total. The van der Waals surface area contributed by atoms with Gasteiger partial charge in [0.25, 0.3) is 0 Å². The van der Waals surface area contributed by atoms with Gasteiger partial charge in [-0.15, -0.1) is 11.3 Å². The summed E-state index contributed by atoms with van der Waals surface area (Å²) in [6, 6.07) is 2.67. The zero-order valence-electron chi connectivity index (χ0n) is 11.7. The van der Waals surface area contributed by atoms with Crippen LogP contribution in [0.3, 0.4) is 0 Å². The molecule has 0 amide bonds. The minimum atomic E-state index is 0.523. The monoisotopic (exact) mass is 331 g/mol. The van der Waals surface area contributed by atoms with Crippen LogP contribution >= 0.6 is 27.3 Å². The quantitative estimate of drug-likeness (QED) is 0.525. The number of rotatable bonds is 10. The van der Waals surface area contributed by atoms with Gasteiger partial charge in [0, 0.05) is 15.4 Å². The van der Waals surface area contributed by atoms with E-state index in [0.717, 1.165) is 0 Å². The average molecular weight is 332 g/mol. The van der Waals surface area contributed by atoms with E-state index in [0.29, 0.717) is 6.04 Å². The van der Waals surface area contributed by atoms with E-state index in [2.05, 4.69) is 46.7 Å². The number of unbranched alkanes of at least 4 members (excludes halogenated alkanes) is 6. The van der Waals surface area contributed by atoms with Gasteiger partial charge in [-0.3, -0.25) is 0 Å². The highest BCUT2D eigenvalue weighted by atomic mass is 79.9. The molecular weight excluding hydrogens is 306 g/mol. The Hall–Kier alpha value is 0.140. The zero-order chi connectivity index (χ0) is 13.2. The van der Waals surface area contributed by atoms with Gasteiger partial charge in [-0.25, -0.2) is 0 Å². The Morgan fingerprint density at radius 3 is 2.39 bits per heavy atom. The summed E-state index contributed by atoms with van der Waals surface area (Å²) in [6.45, 7) is 2.27. The number of halogens is 1. The molecule has 0 saturated carbocycles. The molecule has 104 valence electrons. The lowest BCUT2D eigenvalue weighted by Gasteiger charge is -2.15. The number of hydrogen-bond acceptors (Lipinski definition) is 2.